The van der Waals surface area contributed by atoms with Crippen molar-refractivity contribution in [3.05, 3.63) is 56.2 Å². The number of Topliss-reactive ketones (excluding diaryl/α,β-unsaturated/α-hetero) is 1. The lowest BCUT2D eigenvalue weighted by molar-refractivity contribution is -0.390. The highest BCUT2D eigenvalue weighted by Crippen LogP contribution is 2.22. The molecule has 0 amide bonds. The maximum atomic E-state index is 12.1. The van der Waals surface area contributed by atoms with Crippen LogP contribution in [0.4, 0.5) is 5.82 Å². The lowest BCUT2D eigenvalue weighted by atomic mass is 10.0. The normalized spacial score (nSPS) is 10.9. The second-order valence-electron chi connectivity index (χ2n) is 4.96. The van der Waals surface area contributed by atoms with Crippen LogP contribution in [0.15, 0.2) is 34.9 Å². The van der Waals surface area contributed by atoms with Gasteiger partial charge in [0.25, 0.3) is 0 Å². The molecular formula is C14H14BrN3O3. The summed E-state index contributed by atoms with van der Waals surface area (Å²) < 4.78 is 1.52. The van der Waals surface area contributed by atoms with Crippen LogP contribution in [0.2, 0.25) is 0 Å². The van der Waals surface area contributed by atoms with Gasteiger partial charge in [-0.25, -0.2) is 0 Å². The van der Waals surface area contributed by atoms with Crippen LogP contribution in [0.1, 0.15) is 35.7 Å². The fraction of sp³-hybridized carbons (Fsp3) is 0.286. The highest BCUT2D eigenvalue weighted by molar-refractivity contribution is 9.10. The summed E-state index contributed by atoms with van der Waals surface area (Å²) in [6, 6.07) is 7.37. The molecule has 0 N–H and O–H groups in total. The maximum absolute atomic E-state index is 12.1. The summed E-state index contributed by atoms with van der Waals surface area (Å²) in [7, 11) is 0. The summed E-state index contributed by atoms with van der Waals surface area (Å²) >= 11 is 3.05. The van der Waals surface area contributed by atoms with Crippen molar-refractivity contribution in [1.29, 1.82) is 0 Å². The molecule has 110 valence electrons. The zero-order chi connectivity index (χ0) is 15.6. The van der Waals surface area contributed by atoms with Crippen molar-refractivity contribution in [1.82, 2.24) is 9.78 Å². The van der Waals surface area contributed by atoms with Crippen LogP contribution in [-0.4, -0.2) is 20.5 Å². The summed E-state index contributed by atoms with van der Waals surface area (Å²) in [5, 5.41) is 14.5. The van der Waals surface area contributed by atoms with Gasteiger partial charge in [0.05, 0.1) is 11.3 Å². The van der Waals surface area contributed by atoms with Gasteiger partial charge < -0.3 is 10.1 Å². The second-order valence-corrected chi connectivity index (χ2v) is 5.81. The van der Waals surface area contributed by atoms with Crippen LogP contribution in [0.3, 0.4) is 0 Å². The van der Waals surface area contributed by atoms with E-state index in [-0.39, 0.29) is 22.6 Å². The van der Waals surface area contributed by atoms with Crippen molar-refractivity contribution in [2.24, 2.45) is 0 Å². The minimum absolute atomic E-state index is 0.0343. The first kappa shape index (κ1) is 15.4. The molecule has 1 aromatic heterocycles. The fourth-order valence-corrected chi connectivity index (χ4v) is 2.34. The van der Waals surface area contributed by atoms with Crippen LogP contribution in [0.25, 0.3) is 0 Å². The molecular weight excluding hydrogens is 338 g/mol. The molecule has 0 aliphatic rings. The third-order valence-corrected chi connectivity index (χ3v) is 3.64. The summed E-state index contributed by atoms with van der Waals surface area (Å²) in [6.45, 7) is 4.13. The molecule has 1 heterocycles. The number of aromatic nitrogens is 2. The zero-order valence-corrected chi connectivity index (χ0v) is 13.2. The van der Waals surface area contributed by atoms with Crippen molar-refractivity contribution in [2.75, 3.05) is 0 Å². The Bertz CT molecular complexity index is 677. The van der Waals surface area contributed by atoms with Crippen LogP contribution < -0.4 is 0 Å². The fourth-order valence-electron chi connectivity index (χ4n) is 1.88. The molecule has 1 aromatic carbocycles. The van der Waals surface area contributed by atoms with E-state index in [1.165, 1.54) is 10.9 Å². The number of halogens is 1. The van der Waals surface area contributed by atoms with E-state index in [0.717, 1.165) is 5.56 Å². The standard InChI is InChI=1S/C14H14BrN3O3/c1-9(2)10-3-5-11(6-4-10)13(19)8-17-7-12(15)14(16-17)18(20)21/h3-7,9H,8H2,1-2H3. The molecule has 6 nitrogen and oxygen atoms in total. The number of ketones is 1. The van der Waals surface area contributed by atoms with E-state index in [1.807, 2.05) is 12.1 Å². The van der Waals surface area contributed by atoms with Crippen LogP contribution >= 0.6 is 15.9 Å². The second kappa shape index (κ2) is 6.17. The van der Waals surface area contributed by atoms with Crippen LogP contribution in [0, 0.1) is 10.1 Å². The van der Waals surface area contributed by atoms with Crippen molar-refractivity contribution in [3.63, 3.8) is 0 Å². The number of benzene rings is 1. The Morgan fingerprint density at radius 1 is 1.38 bits per heavy atom. The summed E-state index contributed by atoms with van der Waals surface area (Å²) in [4.78, 5) is 22.3. The molecule has 21 heavy (non-hydrogen) atoms. The van der Waals surface area contributed by atoms with Crippen molar-refractivity contribution < 1.29 is 9.72 Å². The largest absolute Gasteiger partial charge is 0.404 e. The molecule has 0 saturated heterocycles. The molecule has 0 fully saturated rings. The Morgan fingerprint density at radius 3 is 2.48 bits per heavy atom. The lowest BCUT2D eigenvalue weighted by Gasteiger charge is -2.05. The van der Waals surface area contributed by atoms with Gasteiger partial charge in [-0.3, -0.25) is 4.79 Å². The van der Waals surface area contributed by atoms with Gasteiger partial charge in [-0.15, -0.1) is 0 Å². The molecule has 0 spiro atoms. The molecule has 2 aromatic rings. The predicted molar refractivity (Wildman–Crippen MR) is 81.4 cm³/mol. The molecule has 0 atom stereocenters. The molecule has 2 rings (SSSR count). The zero-order valence-electron chi connectivity index (χ0n) is 11.6. The quantitative estimate of drug-likeness (QED) is 0.468. The van der Waals surface area contributed by atoms with Crippen molar-refractivity contribution >= 4 is 27.5 Å². The van der Waals surface area contributed by atoms with Gasteiger partial charge in [-0.1, -0.05) is 38.1 Å². The number of nitrogens with zero attached hydrogens (tertiary/aromatic N) is 3. The summed E-state index contributed by atoms with van der Waals surface area (Å²) in [6.07, 6.45) is 1.43. The predicted octanol–water partition coefficient (Wildman–Crippen LogP) is 3.56. The van der Waals surface area contributed by atoms with Crippen LogP contribution in [-0.2, 0) is 6.54 Å². The number of hydrogen-bond donors (Lipinski definition) is 0. The Labute approximate surface area is 130 Å². The van der Waals surface area contributed by atoms with E-state index in [0.29, 0.717) is 11.5 Å². The maximum Gasteiger partial charge on any atom is 0.404 e. The van der Waals surface area contributed by atoms with E-state index >= 15 is 0 Å². The molecule has 0 saturated carbocycles. The van der Waals surface area contributed by atoms with Crippen molar-refractivity contribution in [3.8, 4) is 0 Å². The van der Waals surface area contributed by atoms with Crippen molar-refractivity contribution in [2.45, 2.75) is 26.3 Å². The molecule has 0 aliphatic carbocycles. The highest BCUT2D eigenvalue weighted by Gasteiger charge is 2.20. The average molecular weight is 352 g/mol. The van der Waals surface area contributed by atoms with E-state index in [2.05, 4.69) is 34.9 Å². The first-order valence-corrected chi connectivity index (χ1v) is 7.18. The first-order valence-electron chi connectivity index (χ1n) is 6.39. The molecule has 0 radical (unpaired) electrons. The Hall–Kier alpha value is -2.02. The van der Waals surface area contributed by atoms with Crippen LogP contribution in [0.5, 0.6) is 0 Å². The molecule has 0 unspecified atom stereocenters. The van der Waals surface area contributed by atoms with E-state index in [9.17, 15) is 14.9 Å². The molecule has 7 heteroatoms. The van der Waals surface area contributed by atoms with Gasteiger partial charge in [0.2, 0.25) is 0 Å². The first-order chi connectivity index (χ1) is 9.88. The topological polar surface area (TPSA) is 78.0 Å². The number of rotatable bonds is 5. The lowest BCUT2D eigenvalue weighted by Crippen LogP contribution is -2.11. The smallest absolute Gasteiger partial charge is 0.358 e. The summed E-state index contributed by atoms with van der Waals surface area (Å²) in [5.74, 6) is -0.0352. The van der Waals surface area contributed by atoms with E-state index in [1.54, 1.807) is 12.1 Å². The third-order valence-electron chi connectivity index (χ3n) is 3.08. The summed E-state index contributed by atoms with van der Waals surface area (Å²) in [5.41, 5.74) is 1.72. The third kappa shape index (κ3) is 3.55. The number of carbonyl (C=O) groups excluding carboxylic acids is 1. The minimum Gasteiger partial charge on any atom is -0.358 e. The number of nitro groups is 1. The van der Waals surface area contributed by atoms with Gasteiger partial charge in [-0.2, -0.15) is 4.68 Å². The van der Waals surface area contributed by atoms with Gasteiger partial charge in [0.15, 0.2) is 5.78 Å². The Balaban J connectivity index is 2.14. The van der Waals surface area contributed by atoms with Gasteiger partial charge >= 0.3 is 5.82 Å². The number of carbonyl (C=O) groups is 1. The van der Waals surface area contributed by atoms with E-state index < -0.39 is 4.92 Å². The minimum atomic E-state index is -0.595. The van der Waals surface area contributed by atoms with E-state index in [4.69, 9.17) is 0 Å². The Kier molecular flexibility index (Phi) is 4.52. The monoisotopic (exact) mass is 351 g/mol. The molecule has 0 bridgehead atoms. The molecule has 0 aliphatic heterocycles. The number of hydrogen-bond acceptors (Lipinski definition) is 4. The average Bonchev–Trinajstić information content (AvgIpc) is 2.79. The van der Waals surface area contributed by atoms with Gasteiger partial charge in [0, 0.05) is 5.56 Å². The van der Waals surface area contributed by atoms with Gasteiger partial charge in [-0.05, 0) is 32.3 Å². The van der Waals surface area contributed by atoms with Gasteiger partial charge in [0.1, 0.15) is 11.0 Å². The SMILES string of the molecule is CC(C)c1ccc(C(=O)Cn2cc(Br)c([N+](=O)[O-])n2)cc1. The Morgan fingerprint density at radius 2 is 2.00 bits per heavy atom. The highest BCUT2D eigenvalue weighted by atomic mass is 79.9.